The fraction of sp³-hybridized carbons (Fsp3) is 0.867. The van der Waals surface area contributed by atoms with E-state index < -0.39 is 13.2 Å². The van der Waals surface area contributed by atoms with Gasteiger partial charge >= 0.3 is 0 Å². The van der Waals surface area contributed by atoms with Gasteiger partial charge in [-0.25, -0.2) is 0 Å². The monoisotopic (exact) mass is 302 g/mol. The molecule has 0 radical (unpaired) electrons. The van der Waals surface area contributed by atoms with Crippen LogP contribution in [0, 0.1) is 0 Å². The molecule has 0 aromatic carbocycles. The number of hydrogen-bond acceptors (Lipinski definition) is 4. The Morgan fingerprint density at radius 2 is 0.857 bits per heavy atom. The minimum Gasteiger partial charge on any atom is -0.387 e. The number of unbranched alkanes of at least 4 members (excludes halogenated alkanes) is 8. The molecular formula is C15H30N2O4. The van der Waals surface area contributed by atoms with Gasteiger partial charge in [-0.2, -0.15) is 0 Å². The van der Waals surface area contributed by atoms with Crippen LogP contribution in [0.5, 0.6) is 0 Å². The maximum atomic E-state index is 10.8. The molecule has 6 nitrogen and oxygen atoms in total. The van der Waals surface area contributed by atoms with Crippen LogP contribution in [0.1, 0.15) is 57.8 Å². The minimum absolute atomic E-state index is 0.301. The standard InChI is InChI=1S/C15H30N2O4/c18-12-14(20)16-10-8-6-4-2-1-3-5-7-9-11-17-15(21)13-19/h18-19H,1-13H2,(H,16,20)(H,17,21). The Balaban J connectivity index is 3.06. The highest BCUT2D eigenvalue weighted by Crippen LogP contribution is 2.09. The lowest BCUT2D eigenvalue weighted by Crippen LogP contribution is -2.27. The summed E-state index contributed by atoms with van der Waals surface area (Å²) in [4.78, 5) is 21.5. The van der Waals surface area contributed by atoms with Crippen LogP contribution in [0.4, 0.5) is 0 Å². The van der Waals surface area contributed by atoms with Crippen molar-refractivity contribution in [3.63, 3.8) is 0 Å². The molecule has 0 saturated carbocycles. The Bertz CT molecular complexity index is 246. The SMILES string of the molecule is O=C(CO)NCCCCCCCCCCCNC(=O)CO. The molecule has 0 saturated heterocycles. The van der Waals surface area contributed by atoms with Crippen LogP contribution < -0.4 is 10.6 Å². The van der Waals surface area contributed by atoms with Crippen molar-refractivity contribution in [2.75, 3.05) is 26.3 Å². The molecule has 0 fully saturated rings. The maximum absolute atomic E-state index is 10.8. The predicted octanol–water partition coefficient (Wildman–Crippen LogP) is 0.714. The van der Waals surface area contributed by atoms with Gasteiger partial charge in [0, 0.05) is 13.1 Å². The Labute approximate surface area is 127 Å². The molecular weight excluding hydrogens is 272 g/mol. The molecule has 0 bridgehead atoms. The van der Waals surface area contributed by atoms with Crippen LogP contribution in [-0.4, -0.2) is 48.3 Å². The zero-order chi connectivity index (χ0) is 15.8. The van der Waals surface area contributed by atoms with Crippen LogP contribution in [0.25, 0.3) is 0 Å². The molecule has 4 N–H and O–H groups in total. The third-order valence-electron chi connectivity index (χ3n) is 3.29. The third kappa shape index (κ3) is 15.1. The van der Waals surface area contributed by atoms with E-state index >= 15 is 0 Å². The van der Waals surface area contributed by atoms with Crippen molar-refractivity contribution in [1.29, 1.82) is 0 Å². The summed E-state index contributed by atoms with van der Waals surface area (Å²) < 4.78 is 0. The number of rotatable bonds is 14. The number of amides is 2. The van der Waals surface area contributed by atoms with Gasteiger partial charge in [-0.1, -0.05) is 44.9 Å². The molecule has 0 aromatic rings. The number of hydrogen-bond donors (Lipinski definition) is 4. The Hall–Kier alpha value is -1.14. The second kappa shape index (κ2) is 15.3. The number of nitrogens with one attached hydrogen (secondary N) is 2. The summed E-state index contributed by atoms with van der Waals surface area (Å²) in [6, 6.07) is 0. The largest absolute Gasteiger partial charge is 0.387 e. The van der Waals surface area contributed by atoms with Gasteiger partial charge in [0.15, 0.2) is 0 Å². The van der Waals surface area contributed by atoms with Crippen molar-refractivity contribution >= 4 is 11.8 Å². The Morgan fingerprint density at radius 3 is 1.14 bits per heavy atom. The summed E-state index contributed by atoms with van der Waals surface area (Å²) in [5.74, 6) is -0.602. The Morgan fingerprint density at radius 1 is 0.571 bits per heavy atom. The van der Waals surface area contributed by atoms with E-state index in [4.69, 9.17) is 10.2 Å². The third-order valence-corrected chi connectivity index (χ3v) is 3.29. The van der Waals surface area contributed by atoms with Gasteiger partial charge in [-0.15, -0.1) is 0 Å². The first-order valence-corrected chi connectivity index (χ1v) is 7.95. The molecule has 0 heterocycles. The van der Waals surface area contributed by atoms with Crippen LogP contribution in [0.2, 0.25) is 0 Å². The predicted molar refractivity (Wildman–Crippen MR) is 81.7 cm³/mol. The number of carbonyl (C=O) groups is 2. The molecule has 21 heavy (non-hydrogen) atoms. The molecule has 2 amide bonds. The van der Waals surface area contributed by atoms with Crippen molar-refractivity contribution in [1.82, 2.24) is 10.6 Å². The lowest BCUT2D eigenvalue weighted by Gasteiger charge is -2.04. The minimum atomic E-state index is -0.427. The molecule has 0 spiro atoms. The molecule has 0 aliphatic carbocycles. The van der Waals surface area contributed by atoms with Crippen molar-refractivity contribution in [3.05, 3.63) is 0 Å². The fourth-order valence-electron chi connectivity index (χ4n) is 2.05. The fourth-order valence-corrected chi connectivity index (χ4v) is 2.05. The molecule has 0 aromatic heterocycles. The molecule has 0 atom stereocenters. The summed E-state index contributed by atoms with van der Waals surface area (Å²) in [7, 11) is 0. The van der Waals surface area contributed by atoms with Gasteiger partial charge in [-0.3, -0.25) is 9.59 Å². The van der Waals surface area contributed by atoms with Gasteiger partial charge < -0.3 is 20.8 Å². The number of aliphatic hydroxyl groups excluding tert-OH is 2. The van der Waals surface area contributed by atoms with Gasteiger partial charge in [0.05, 0.1) is 0 Å². The molecule has 0 rings (SSSR count). The van der Waals surface area contributed by atoms with E-state index in [1.165, 1.54) is 32.1 Å². The van der Waals surface area contributed by atoms with Crippen LogP contribution >= 0.6 is 0 Å². The van der Waals surface area contributed by atoms with Crippen molar-refractivity contribution in [3.8, 4) is 0 Å². The van der Waals surface area contributed by atoms with Crippen LogP contribution in [-0.2, 0) is 9.59 Å². The molecule has 6 heteroatoms. The average molecular weight is 302 g/mol. The summed E-state index contributed by atoms with van der Waals surface area (Å²) >= 11 is 0. The zero-order valence-corrected chi connectivity index (χ0v) is 12.9. The number of carbonyl (C=O) groups excluding carboxylic acids is 2. The topological polar surface area (TPSA) is 98.7 Å². The second-order valence-corrected chi connectivity index (χ2v) is 5.20. The molecule has 0 unspecified atom stereocenters. The average Bonchev–Trinajstić information content (AvgIpc) is 2.51. The molecule has 124 valence electrons. The maximum Gasteiger partial charge on any atom is 0.245 e. The van der Waals surface area contributed by atoms with Crippen molar-refractivity contribution < 1.29 is 19.8 Å². The first-order chi connectivity index (χ1) is 10.2. The summed E-state index contributed by atoms with van der Waals surface area (Å²) in [6.07, 6.45) is 10.2. The number of aliphatic hydroxyl groups is 2. The highest BCUT2D eigenvalue weighted by atomic mass is 16.3. The van der Waals surface area contributed by atoms with E-state index in [-0.39, 0.29) is 11.8 Å². The lowest BCUT2D eigenvalue weighted by atomic mass is 10.1. The lowest BCUT2D eigenvalue weighted by molar-refractivity contribution is -0.124. The van der Waals surface area contributed by atoms with E-state index in [1.54, 1.807) is 0 Å². The summed E-state index contributed by atoms with van der Waals surface area (Å²) in [5, 5.41) is 22.3. The first-order valence-electron chi connectivity index (χ1n) is 7.95. The zero-order valence-electron chi connectivity index (χ0n) is 12.9. The van der Waals surface area contributed by atoms with Crippen LogP contribution in [0.15, 0.2) is 0 Å². The van der Waals surface area contributed by atoms with Crippen molar-refractivity contribution in [2.24, 2.45) is 0 Å². The quantitative estimate of drug-likeness (QED) is 0.355. The van der Waals surface area contributed by atoms with Gasteiger partial charge in [-0.05, 0) is 12.8 Å². The van der Waals surface area contributed by atoms with Crippen LogP contribution in [0.3, 0.4) is 0 Å². The highest BCUT2D eigenvalue weighted by molar-refractivity contribution is 5.77. The van der Waals surface area contributed by atoms with Gasteiger partial charge in [0.2, 0.25) is 11.8 Å². The second-order valence-electron chi connectivity index (χ2n) is 5.20. The van der Waals surface area contributed by atoms with E-state index in [0.29, 0.717) is 13.1 Å². The summed E-state index contributed by atoms with van der Waals surface area (Å²) in [5.41, 5.74) is 0. The smallest absolute Gasteiger partial charge is 0.245 e. The summed E-state index contributed by atoms with van der Waals surface area (Å²) in [6.45, 7) is 0.450. The Kier molecular flexibility index (Phi) is 14.4. The molecule has 0 aliphatic heterocycles. The van der Waals surface area contributed by atoms with Crippen molar-refractivity contribution in [2.45, 2.75) is 57.8 Å². The van der Waals surface area contributed by atoms with E-state index in [9.17, 15) is 9.59 Å². The first kappa shape index (κ1) is 19.9. The van der Waals surface area contributed by atoms with E-state index in [1.807, 2.05) is 0 Å². The van der Waals surface area contributed by atoms with E-state index in [2.05, 4.69) is 10.6 Å². The highest BCUT2D eigenvalue weighted by Gasteiger charge is 1.97. The van der Waals surface area contributed by atoms with Gasteiger partial charge in [0.1, 0.15) is 13.2 Å². The van der Waals surface area contributed by atoms with E-state index in [0.717, 1.165) is 25.7 Å². The van der Waals surface area contributed by atoms with Gasteiger partial charge in [0.25, 0.3) is 0 Å². The molecule has 0 aliphatic rings. The normalized spacial score (nSPS) is 10.4.